The third-order valence-corrected chi connectivity index (χ3v) is 6.02. The molecule has 0 spiro atoms. The highest BCUT2D eigenvalue weighted by Crippen LogP contribution is 2.31. The first-order chi connectivity index (χ1) is 17.7. The van der Waals surface area contributed by atoms with Gasteiger partial charge in [0.15, 0.2) is 11.6 Å². The number of carbonyl (C=O) groups excluding carboxylic acids is 4. The Kier molecular flexibility index (Phi) is 7.77. The van der Waals surface area contributed by atoms with Gasteiger partial charge in [0.05, 0.1) is 6.61 Å². The van der Waals surface area contributed by atoms with Gasteiger partial charge in [-0.25, -0.2) is 8.78 Å². The van der Waals surface area contributed by atoms with Crippen molar-refractivity contribution < 1.29 is 32.7 Å². The molecular formula is C25H25F2N5O5. The number of piperazine rings is 1. The standard InChI is InChI=1S/C25H25F2N5O5/c26-18-14-17(15-19(27)21(18)30-8-10-31(11-9-30)24(36)22(28)34)32-12-13-37-25(32)23(35)29-20(33)7-6-16-4-2-1-3-5-16/h1-7,14-15,25H,8-13H2,(H2,28,34)(H,29,33,35). The van der Waals surface area contributed by atoms with Crippen LogP contribution in [0.1, 0.15) is 5.56 Å². The van der Waals surface area contributed by atoms with Crippen molar-refractivity contribution in [2.45, 2.75) is 6.23 Å². The molecule has 0 aliphatic carbocycles. The zero-order chi connectivity index (χ0) is 26.5. The van der Waals surface area contributed by atoms with Crippen molar-refractivity contribution in [1.82, 2.24) is 10.2 Å². The van der Waals surface area contributed by atoms with Crippen LogP contribution in [0.25, 0.3) is 6.08 Å². The number of carbonyl (C=O) groups is 4. The monoisotopic (exact) mass is 513 g/mol. The molecule has 1 atom stereocenters. The van der Waals surface area contributed by atoms with Gasteiger partial charge < -0.3 is 25.2 Å². The zero-order valence-electron chi connectivity index (χ0n) is 19.7. The SMILES string of the molecule is NC(=O)C(=O)N1CCN(c2c(F)cc(N3CCOC3C(=O)NC(=O)C=Cc3ccccc3)cc2F)CC1. The van der Waals surface area contributed by atoms with E-state index in [0.29, 0.717) is 0 Å². The molecule has 4 amide bonds. The largest absolute Gasteiger partial charge is 0.363 e. The van der Waals surface area contributed by atoms with E-state index in [0.717, 1.165) is 17.7 Å². The molecule has 2 aromatic carbocycles. The predicted octanol–water partition coefficient (Wildman–Crippen LogP) is 0.618. The van der Waals surface area contributed by atoms with Gasteiger partial charge in [-0.2, -0.15) is 0 Å². The highest BCUT2D eigenvalue weighted by Gasteiger charge is 2.34. The molecule has 0 radical (unpaired) electrons. The van der Waals surface area contributed by atoms with Crippen LogP contribution >= 0.6 is 0 Å². The van der Waals surface area contributed by atoms with Crippen LogP contribution in [0.4, 0.5) is 20.2 Å². The van der Waals surface area contributed by atoms with E-state index in [2.05, 4.69) is 5.32 Å². The van der Waals surface area contributed by atoms with Crippen LogP contribution in [0.15, 0.2) is 48.5 Å². The van der Waals surface area contributed by atoms with Gasteiger partial charge >= 0.3 is 11.8 Å². The third kappa shape index (κ3) is 5.92. The number of rotatable bonds is 5. The van der Waals surface area contributed by atoms with Crippen LogP contribution in [0.2, 0.25) is 0 Å². The minimum Gasteiger partial charge on any atom is -0.363 e. The summed E-state index contributed by atoms with van der Waals surface area (Å²) in [6.07, 6.45) is 1.50. The van der Waals surface area contributed by atoms with Crippen molar-refractivity contribution in [3.8, 4) is 0 Å². The highest BCUT2D eigenvalue weighted by molar-refractivity contribution is 6.34. The maximum atomic E-state index is 15.1. The number of halogens is 2. The van der Waals surface area contributed by atoms with Crippen molar-refractivity contribution in [3.63, 3.8) is 0 Å². The molecule has 2 heterocycles. The Morgan fingerprint density at radius 2 is 1.62 bits per heavy atom. The van der Waals surface area contributed by atoms with E-state index in [-0.39, 0.29) is 50.7 Å². The average Bonchev–Trinajstić information content (AvgIpc) is 3.38. The molecule has 37 heavy (non-hydrogen) atoms. The first-order valence-electron chi connectivity index (χ1n) is 11.5. The molecule has 4 rings (SSSR count). The van der Waals surface area contributed by atoms with Crippen LogP contribution in [0, 0.1) is 11.6 Å². The van der Waals surface area contributed by atoms with Crippen LogP contribution in [0.5, 0.6) is 0 Å². The highest BCUT2D eigenvalue weighted by atomic mass is 19.1. The molecule has 2 fully saturated rings. The van der Waals surface area contributed by atoms with E-state index in [9.17, 15) is 19.2 Å². The summed E-state index contributed by atoms with van der Waals surface area (Å²) in [5.74, 6) is -5.08. The first kappa shape index (κ1) is 25.8. The Morgan fingerprint density at radius 3 is 2.24 bits per heavy atom. The van der Waals surface area contributed by atoms with Gasteiger partial charge in [0.25, 0.3) is 11.8 Å². The summed E-state index contributed by atoms with van der Waals surface area (Å²) in [6.45, 7) is 0.658. The van der Waals surface area contributed by atoms with Gasteiger partial charge in [0, 0.05) is 44.5 Å². The van der Waals surface area contributed by atoms with Gasteiger partial charge in [-0.3, -0.25) is 24.5 Å². The molecule has 3 N–H and O–H groups in total. The van der Waals surface area contributed by atoms with Crippen LogP contribution in [-0.4, -0.2) is 74.1 Å². The minimum atomic E-state index is -1.25. The van der Waals surface area contributed by atoms with E-state index >= 15 is 8.78 Å². The van der Waals surface area contributed by atoms with E-state index in [4.69, 9.17) is 10.5 Å². The Hall–Kier alpha value is -4.32. The van der Waals surface area contributed by atoms with Gasteiger partial charge in [-0.1, -0.05) is 30.3 Å². The van der Waals surface area contributed by atoms with Crippen LogP contribution in [-0.2, 0) is 23.9 Å². The number of nitrogens with one attached hydrogen (secondary N) is 1. The summed E-state index contributed by atoms with van der Waals surface area (Å²) in [4.78, 5) is 51.7. The molecule has 194 valence electrons. The third-order valence-electron chi connectivity index (χ3n) is 6.02. The van der Waals surface area contributed by atoms with Gasteiger partial charge in [-0.05, 0) is 23.8 Å². The number of anilines is 2. The van der Waals surface area contributed by atoms with Crippen molar-refractivity contribution in [2.24, 2.45) is 5.73 Å². The number of primary amides is 1. The quantitative estimate of drug-likeness (QED) is 0.444. The number of nitrogens with zero attached hydrogens (tertiary/aromatic N) is 3. The second kappa shape index (κ2) is 11.2. The number of hydrogen-bond donors (Lipinski definition) is 2. The molecule has 2 aliphatic heterocycles. The fraction of sp³-hybridized carbons (Fsp3) is 0.280. The maximum absolute atomic E-state index is 15.1. The van der Waals surface area contributed by atoms with Crippen molar-refractivity contribution in [2.75, 3.05) is 49.1 Å². The van der Waals surface area contributed by atoms with Gasteiger partial charge in [-0.15, -0.1) is 0 Å². The van der Waals surface area contributed by atoms with Crippen molar-refractivity contribution in [3.05, 3.63) is 65.7 Å². The van der Waals surface area contributed by atoms with E-state index in [1.165, 1.54) is 20.8 Å². The molecule has 2 saturated heterocycles. The number of imide groups is 1. The summed E-state index contributed by atoms with van der Waals surface area (Å²) < 4.78 is 35.6. The summed E-state index contributed by atoms with van der Waals surface area (Å²) in [5, 5.41) is 2.21. The van der Waals surface area contributed by atoms with Gasteiger partial charge in [0.2, 0.25) is 6.23 Å². The molecular weight excluding hydrogens is 488 g/mol. The van der Waals surface area contributed by atoms with Crippen molar-refractivity contribution >= 4 is 41.1 Å². The summed E-state index contributed by atoms with van der Waals surface area (Å²) in [6, 6.07) is 11.2. The van der Waals surface area contributed by atoms with E-state index < -0.39 is 41.5 Å². The van der Waals surface area contributed by atoms with Crippen LogP contribution in [0.3, 0.4) is 0 Å². The Balaban J connectivity index is 1.42. The molecule has 2 aliphatic rings. The molecule has 0 aromatic heterocycles. The Labute approximate surface area is 211 Å². The lowest BCUT2D eigenvalue weighted by Gasteiger charge is -2.36. The van der Waals surface area contributed by atoms with Gasteiger partial charge in [0.1, 0.15) is 5.69 Å². The zero-order valence-corrected chi connectivity index (χ0v) is 19.7. The molecule has 2 aromatic rings. The van der Waals surface area contributed by atoms with Crippen molar-refractivity contribution in [1.29, 1.82) is 0 Å². The van der Waals surface area contributed by atoms with E-state index in [1.54, 1.807) is 30.3 Å². The Bertz CT molecular complexity index is 1210. The number of benzene rings is 2. The summed E-state index contributed by atoms with van der Waals surface area (Å²) in [7, 11) is 0. The lowest BCUT2D eigenvalue weighted by molar-refractivity contribution is -0.144. The number of nitrogens with two attached hydrogens (primary N) is 1. The molecule has 0 saturated carbocycles. The summed E-state index contributed by atoms with van der Waals surface area (Å²) in [5.41, 5.74) is 5.58. The fourth-order valence-electron chi connectivity index (χ4n) is 4.22. The fourth-order valence-corrected chi connectivity index (χ4v) is 4.22. The number of amides is 4. The van der Waals surface area contributed by atoms with E-state index in [1.807, 2.05) is 6.07 Å². The maximum Gasteiger partial charge on any atom is 0.311 e. The smallest absolute Gasteiger partial charge is 0.311 e. The molecule has 0 bridgehead atoms. The lowest BCUT2D eigenvalue weighted by atomic mass is 10.2. The van der Waals surface area contributed by atoms with Crippen LogP contribution < -0.4 is 20.9 Å². The minimum absolute atomic E-state index is 0.0752. The molecule has 10 nitrogen and oxygen atoms in total. The lowest BCUT2D eigenvalue weighted by Crippen LogP contribution is -2.52. The summed E-state index contributed by atoms with van der Waals surface area (Å²) >= 11 is 0. The second-order valence-corrected chi connectivity index (χ2v) is 8.42. The first-order valence-corrected chi connectivity index (χ1v) is 11.5. The molecule has 12 heteroatoms. The normalized spacial score (nSPS) is 17.8. The number of hydrogen-bond acceptors (Lipinski definition) is 7. The average molecular weight is 514 g/mol. The topological polar surface area (TPSA) is 125 Å². The number of ether oxygens (including phenoxy) is 1. The predicted molar refractivity (Wildman–Crippen MR) is 130 cm³/mol. The second-order valence-electron chi connectivity index (χ2n) is 8.42. The Morgan fingerprint density at radius 1 is 0.973 bits per heavy atom. The molecule has 1 unspecified atom stereocenters.